The lowest BCUT2D eigenvalue weighted by molar-refractivity contribution is -0.0946. The zero-order chi connectivity index (χ0) is 27.4. The maximum Gasteiger partial charge on any atom is 0.351 e. The average Bonchev–Trinajstić information content (AvgIpc) is 3.29. The van der Waals surface area contributed by atoms with Gasteiger partial charge in [0.25, 0.3) is 0 Å². The van der Waals surface area contributed by atoms with Crippen LogP contribution in [-0.2, 0) is 15.1 Å². The van der Waals surface area contributed by atoms with Crippen LogP contribution in [0.1, 0.15) is 22.9 Å². The van der Waals surface area contributed by atoms with Crippen LogP contribution in [0.2, 0.25) is 0 Å². The third kappa shape index (κ3) is 4.97. The maximum atomic E-state index is 12.6. The summed E-state index contributed by atoms with van der Waals surface area (Å²) >= 11 is 0. The Hall–Kier alpha value is -4.24. The Labute approximate surface area is 226 Å². The molecule has 0 unspecified atom stereocenters. The van der Waals surface area contributed by atoms with Gasteiger partial charge in [0, 0.05) is 6.20 Å². The van der Waals surface area contributed by atoms with Gasteiger partial charge in [0.05, 0.1) is 25.7 Å². The van der Waals surface area contributed by atoms with Gasteiger partial charge in [-0.15, -0.1) is 6.58 Å². The van der Waals surface area contributed by atoms with Crippen molar-refractivity contribution in [1.82, 2.24) is 9.55 Å². The number of benzene rings is 3. The van der Waals surface area contributed by atoms with E-state index in [1.54, 1.807) is 13.2 Å². The molecule has 0 spiro atoms. The Balaban J connectivity index is 1.55. The minimum atomic E-state index is -1.03. The van der Waals surface area contributed by atoms with Gasteiger partial charge in [-0.3, -0.25) is 4.57 Å². The standard InChI is InChI=1S/C31H31N3O5/c1-3-25-28(35)26(39-29(25)34-19-18-27(32)33-30(34)36)20-38-31(21-10-6-4-7-11-21,22-12-8-5-9-13-22)23-14-16-24(37-2)17-15-23/h3-19,25-26,28-29,35H,1,20H2,2H3,(H2,32,33,36)/t25-,26-,28+,29-/m1/s1. The first kappa shape index (κ1) is 26.4. The normalized spacial score (nSPS) is 21.0. The third-order valence-electron chi connectivity index (χ3n) is 7.14. The van der Waals surface area contributed by atoms with Crippen LogP contribution in [0.5, 0.6) is 5.75 Å². The molecule has 1 aromatic heterocycles. The fraction of sp³-hybridized carbons (Fsp3) is 0.226. The molecule has 3 N–H and O–H groups in total. The topological polar surface area (TPSA) is 109 Å². The van der Waals surface area contributed by atoms with Crippen LogP contribution in [-0.4, -0.2) is 40.6 Å². The molecule has 4 aromatic rings. The van der Waals surface area contributed by atoms with Crippen molar-refractivity contribution in [2.75, 3.05) is 19.5 Å². The highest BCUT2D eigenvalue weighted by Crippen LogP contribution is 2.43. The Morgan fingerprint density at radius 3 is 2.13 bits per heavy atom. The van der Waals surface area contributed by atoms with Crippen molar-refractivity contribution < 1.29 is 19.3 Å². The Morgan fingerprint density at radius 2 is 1.59 bits per heavy atom. The predicted molar refractivity (Wildman–Crippen MR) is 148 cm³/mol. The highest BCUT2D eigenvalue weighted by Gasteiger charge is 2.46. The van der Waals surface area contributed by atoms with E-state index < -0.39 is 35.6 Å². The second-order valence-electron chi connectivity index (χ2n) is 9.36. The number of nitrogens with two attached hydrogens (primary N) is 1. The number of hydrogen-bond acceptors (Lipinski definition) is 7. The summed E-state index contributed by atoms with van der Waals surface area (Å²) in [6, 6.07) is 29.1. The van der Waals surface area contributed by atoms with E-state index in [0.29, 0.717) is 0 Å². The number of hydrogen-bond donors (Lipinski definition) is 2. The summed E-state index contributed by atoms with van der Waals surface area (Å²) in [5.74, 6) is 0.271. The molecule has 0 radical (unpaired) electrons. The molecule has 39 heavy (non-hydrogen) atoms. The fourth-order valence-electron chi connectivity index (χ4n) is 5.16. The number of ether oxygens (including phenoxy) is 3. The van der Waals surface area contributed by atoms with Gasteiger partial charge >= 0.3 is 5.69 Å². The molecule has 8 nitrogen and oxygen atoms in total. The smallest absolute Gasteiger partial charge is 0.351 e. The van der Waals surface area contributed by atoms with E-state index in [9.17, 15) is 9.90 Å². The number of nitrogens with zero attached hydrogens (tertiary/aromatic N) is 2. The molecule has 8 heteroatoms. The van der Waals surface area contributed by atoms with E-state index in [1.165, 1.54) is 16.8 Å². The van der Waals surface area contributed by atoms with Crippen LogP contribution in [0.25, 0.3) is 0 Å². The number of methoxy groups -OCH3 is 1. The molecule has 0 bridgehead atoms. The lowest BCUT2D eigenvalue weighted by atomic mass is 9.80. The highest BCUT2D eigenvalue weighted by molar-refractivity contribution is 5.48. The Kier molecular flexibility index (Phi) is 7.60. The molecule has 1 saturated heterocycles. The van der Waals surface area contributed by atoms with Crippen molar-refractivity contribution in [2.45, 2.75) is 24.0 Å². The molecule has 0 saturated carbocycles. The molecule has 5 rings (SSSR count). The lowest BCUT2D eigenvalue weighted by Crippen LogP contribution is -2.38. The monoisotopic (exact) mass is 525 g/mol. The quantitative estimate of drug-likeness (QED) is 0.252. The van der Waals surface area contributed by atoms with E-state index in [4.69, 9.17) is 19.9 Å². The lowest BCUT2D eigenvalue weighted by Gasteiger charge is -2.37. The van der Waals surface area contributed by atoms with Gasteiger partial charge in [-0.2, -0.15) is 4.98 Å². The van der Waals surface area contributed by atoms with E-state index in [1.807, 2.05) is 84.9 Å². The number of aliphatic hydroxyl groups excluding tert-OH is 1. The second-order valence-corrected chi connectivity index (χ2v) is 9.36. The van der Waals surface area contributed by atoms with Gasteiger partial charge in [0.1, 0.15) is 29.5 Å². The van der Waals surface area contributed by atoms with Crippen molar-refractivity contribution in [1.29, 1.82) is 0 Å². The van der Waals surface area contributed by atoms with E-state index in [2.05, 4.69) is 11.6 Å². The van der Waals surface area contributed by atoms with Gasteiger partial charge in [-0.25, -0.2) is 4.79 Å². The van der Waals surface area contributed by atoms with Crippen LogP contribution < -0.4 is 16.2 Å². The molecule has 1 aliphatic rings. The summed E-state index contributed by atoms with van der Waals surface area (Å²) in [6.07, 6.45) is 0.556. The second kappa shape index (κ2) is 11.2. The summed E-state index contributed by atoms with van der Waals surface area (Å²) in [4.78, 5) is 16.4. The van der Waals surface area contributed by atoms with Gasteiger partial charge in [0.2, 0.25) is 0 Å². The van der Waals surface area contributed by atoms with Crippen LogP contribution in [0.4, 0.5) is 5.82 Å². The molecular weight excluding hydrogens is 494 g/mol. The van der Waals surface area contributed by atoms with E-state index in [-0.39, 0.29) is 12.4 Å². The number of anilines is 1. The molecular formula is C31H31N3O5. The molecule has 3 aromatic carbocycles. The van der Waals surface area contributed by atoms with Gasteiger partial charge < -0.3 is 25.1 Å². The van der Waals surface area contributed by atoms with Crippen molar-refractivity contribution in [2.24, 2.45) is 5.92 Å². The summed E-state index contributed by atoms with van der Waals surface area (Å²) in [5, 5.41) is 11.2. The average molecular weight is 526 g/mol. The molecule has 1 fully saturated rings. The molecule has 0 aliphatic carbocycles. The van der Waals surface area contributed by atoms with Gasteiger partial charge in [0.15, 0.2) is 0 Å². The SMILES string of the molecule is C=C[C@@H]1[C@H](O)[C@@H](COC(c2ccccc2)(c2ccccc2)c2ccc(OC)cc2)O[C@H]1n1ccc(N)nc1=O. The van der Waals surface area contributed by atoms with Crippen molar-refractivity contribution in [3.63, 3.8) is 0 Å². The molecule has 2 heterocycles. The van der Waals surface area contributed by atoms with Crippen LogP contribution >= 0.6 is 0 Å². The number of aromatic nitrogens is 2. The van der Waals surface area contributed by atoms with Crippen molar-refractivity contribution in [3.05, 3.63) is 137 Å². The van der Waals surface area contributed by atoms with Crippen LogP contribution in [0, 0.1) is 5.92 Å². The van der Waals surface area contributed by atoms with Gasteiger partial charge in [-0.1, -0.05) is 78.9 Å². The summed E-state index contributed by atoms with van der Waals surface area (Å²) in [7, 11) is 1.63. The molecule has 200 valence electrons. The zero-order valence-corrected chi connectivity index (χ0v) is 21.6. The third-order valence-corrected chi connectivity index (χ3v) is 7.14. The highest BCUT2D eigenvalue weighted by atomic mass is 16.6. The maximum absolute atomic E-state index is 12.6. The first-order valence-electron chi connectivity index (χ1n) is 12.7. The van der Waals surface area contributed by atoms with Gasteiger partial charge in [-0.05, 0) is 34.9 Å². The Bertz CT molecular complexity index is 1420. The number of nitrogen functional groups attached to an aromatic ring is 1. The summed E-state index contributed by atoms with van der Waals surface area (Å²) in [5.41, 5.74) is 6.76. The number of aliphatic hydroxyl groups is 1. The molecule has 0 amide bonds. The molecule has 1 aliphatic heterocycles. The van der Waals surface area contributed by atoms with Crippen molar-refractivity contribution >= 4 is 5.82 Å². The number of rotatable bonds is 9. The van der Waals surface area contributed by atoms with E-state index >= 15 is 0 Å². The largest absolute Gasteiger partial charge is 0.497 e. The molecule has 4 atom stereocenters. The minimum absolute atomic E-state index is 0.0228. The Morgan fingerprint density at radius 1 is 1.00 bits per heavy atom. The fourth-order valence-corrected chi connectivity index (χ4v) is 5.16. The summed E-state index contributed by atoms with van der Waals surface area (Å²) < 4.78 is 19.8. The minimum Gasteiger partial charge on any atom is -0.497 e. The van der Waals surface area contributed by atoms with Crippen LogP contribution in [0.15, 0.2) is 115 Å². The van der Waals surface area contributed by atoms with Crippen LogP contribution in [0.3, 0.4) is 0 Å². The zero-order valence-electron chi connectivity index (χ0n) is 21.6. The first-order chi connectivity index (χ1) is 19.0. The predicted octanol–water partition coefficient (Wildman–Crippen LogP) is 3.90. The van der Waals surface area contributed by atoms with E-state index in [0.717, 1.165) is 22.4 Å². The first-order valence-corrected chi connectivity index (χ1v) is 12.7. The van der Waals surface area contributed by atoms with Crippen molar-refractivity contribution in [3.8, 4) is 5.75 Å². The summed E-state index contributed by atoms with van der Waals surface area (Å²) in [6.45, 7) is 3.89.